The van der Waals surface area contributed by atoms with E-state index in [2.05, 4.69) is 15.8 Å². The van der Waals surface area contributed by atoms with Gasteiger partial charge in [0.2, 0.25) is 5.91 Å². The number of hydrogen-bond acceptors (Lipinski definition) is 4. The maximum atomic E-state index is 12.1. The van der Waals surface area contributed by atoms with Gasteiger partial charge in [-0.05, 0) is 37.1 Å². The van der Waals surface area contributed by atoms with E-state index in [9.17, 15) is 9.59 Å². The van der Waals surface area contributed by atoms with Gasteiger partial charge in [0.15, 0.2) is 0 Å². The normalized spacial score (nSPS) is 11.0. The standard InChI is InChI=1S/C19H22N4O2/c1-3-14-8-4-7-11-17(14)21-18(24)12-13(2)22-23-19(25)15-9-5-6-10-16(15)20/h4-11H,3,12,20H2,1-2H3,(H,21,24)(H,23,25)/b22-13-. The van der Waals surface area contributed by atoms with Crippen LogP contribution in [0.25, 0.3) is 0 Å². The van der Waals surface area contributed by atoms with Gasteiger partial charge in [-0.25, -0.2) is 5.43 Å². The van der Waals surface area contributed by atoms with Gasteiger partial charge in [-0.2, -0.15) is 5.10 Å². The number of nitrogens with zero attached hydrogens (tertiary/aromatic N) is 1. The van der Waals surface area contributed by atoms with E-state index < -0.39 is 5.91 Å². The lowest BCUT2D eigenvalue weighted by Gasteiger charge is -2.09. The second-order valence-electron chi connectivity index (χ2n) is 5.61. The van der Waals surface area contributed by atoms with Crippen molar-refractivity contribution in [1.29, 1.82) is 0 Å². The van der Waals surface area contributed by atoms with Crippen molar-refractivity contribution in [1.82, 2.24) is 5.43 Å². The number of nitrogens with two attached hydrogens (primary N) is 1. The summed E-state index contributed by atoms with van der Waals surface area (Å²) in [6, 6.07) is 14.4. The Labute approximate surface area is 147 Å². The molecule has 0 bridgehead atoms. The first-order chi connectivity index (χ1) is 12.0. The number of rotatable bonds is 6. The van der Waals surface area contributed by atoms with E-state index in [0.29, 0.717) is 17.0 Å². The average Bonchev–Trinajstić information content (AvgIpc) is 2.60. The smallest absolute Gasteiger partial charge is 0.273 e. The summed E-state index contributed by atoms with van der Waals surface area (Å²) in [6.07, 6.45) is 0.917. The highest BCUT2D eigenvalue weighted by molar-refractivity contribution is 6.06. The van der Waals surface area contributed by atoms with E-state index in [0.717, 1.165) is 17.7 Å². The lowest BCUT2D eigenvalue weighted by atomic mass is 10.1. The Morgan fingerprint density at radius 1 is 1.08 bits per heavy atom. The van der Waals surface area contributed by atoms with Crippen molar-refractivity contribution < 1.29 is 9.59 Å². The SMILES string of the molecule is CCc1ccccc1NC(=O)C/C(C)=N\NC(=O)c1ccccc1N. The molecule has 0 spiro atoms. The maximum Gasteiger partial charge on any atom is 0.273 e. The summed E-state index contributed by atoms with van der Waals surface area (Å²) in [5.74, 6) is -0.593. The van der Waals surface area contributed by atoms with Crippen molar-refractivity contribution in [3.8, 4) is 0 Å². The van der Waals surface area contributed by atoms with Gasteiger partial charge >= 0.3 is 0 Å². The molecule has 6 heteroatoms. The molecule has 0 unspecified atom stereocenters. The van der Waals surface area contributed by atoms with Crippen LogP contribution in [0.1, 0.15) is 36.2 Å². The van der Waals surface area contributed by atoms with Crippen molar-refractivity contribution >= 4 is 28.9 Å². The van der Waals surface area contributed by atoms with E-state index in [1.165, 1.54) is 0 Å². The quantitative estimate of drug-likeness (QED) is 0.429. The average molecular weight is 338 g/mol. The highest BCUT2D eigenvalue weighted by Crippen LogP contribution is 2.15. The van der Waals surface area contributed by atoms with Crippen LogP contribution in [0.15, 0.2) is 53.6 Å². The molecule has 0 aromatic heterocycles. The number of nitrogens with one attached hydrogen (secondary N) is 2. The Balaban J connectivity index is 1.93. The third-order valence-electron chi connectivity index (χ3n) is 3.64. The molecule has 0 aliphatic rings. The number of carbonyl (C=O) groups is 2. The Bertz CT molecular complexity index is 800. The van der Waals surface area contributed by atoms with Crippen LogP contribution in [0.5, 0.6) is 0 Å². The monoisotopic (exact) mass is 338 g/mol. The molecule has 0 heterocycles. The van der Waals surface area contributed by atoms with Crippen LogP contribution in [0.4, 0.5) is 11.4 Å². The molecule has 0 aliphatic carbocycles. The predicted octanol–water partition coefficient (Wildman–Crippen LogP) is 2.97. The van der Waals surface area contributed by atoms with Crippen molar-refractivity contribution in [2.45, 2.75) is 26.7 Å². The number of aryl methyl sites for hydroxylation is 1. The lowest BCUT2D eigenvalue weighted by Crippen LogP contribution is -2.22. The lowest BCUT2D eigenvalue weighted by molar-refractivity contribution is -0.115. The third kappa shape index (κ3) is 5.17. The fourth-order valence-corrected chi connectivity index (χ4v) is 2.33. The highest BCUT2D eigenvalue weighted by Gasteiger charge is 2.10. The van der Waals surface area contributed by atoms with Crippen molar-refractivity contribution in [3.63, 3.8) is 0 Å². The maximum absolute atomic E-state index is 12.1. The van der Waals surface area contributed by atoms with Gasteiger partial charge in [0.1, 0.15) is 0 Å². The minimum absolute atomic E-state index is 0.0859. The van der Waals surface area contributed by atoms with E-state index in [1.807, 2.05) is 31.2 Å². The summed E-state index contributed by atoms with van der Waals surface area (Å²) in [5.41, 5.74) is 11.3. The molecule has 4 N–H and O–H groups in total. The van der Waals surface area contributed by atoms with E-state index in [4.69, 9.17) is 5.73 Å². The molecule has 25 heavy (non-hydrogen) atoms. The van der Waals surface area contributed by atoms with Gasteiger partial charge in [-0.1, -0.05) is 37.3 Å². The first-order valence-corrected chi connectivity index (χ1v) is 8.07. The zero-order chi connectivity index (χ0) is 18.2. The van der Waals surface area contributed by atoms with Crippen LogP contribution in [-0.2, 0) is 11.2 Å². The van der Waals surface area contributed by atoms with Gasteiger partial charge in [0.05, 0.1) is 12.0 Å². The van der Waals surface area contributed by atoms with Crippen molar-refractivity contribution in [2.75, 3.05) is 11.1 Å². The van der Waals surface area contributed by atoms with Crippen LogP contribution in [0.2, 0.25) is 0 Å². The summed E-state index contributed by atoms with van der Waals surface area (Å²) in [4.78, 5) is 24.2. The van der Waals surface area contributed by atoms with E-state index in [-0.39, 0.29) is 12.3 Å². The number of benzene rings is 2. The van der Waals surface area contributed by atoms with Crippen LogP contribution in [0, 0.1) is 0 Å². The Morgan fingerprint density at radius 3 is 2.48 bits per heavy atom. The van der Waals surface area contributed by atoms with Crippen LogP contribution in [-0.4, -0.2) is 17.5 Å². The van der Waals surface area contributed by atoms with E-state index >= 15 is 0 Å². The molecule has 2 aromatic carbocycles. The number of para-hydroxylation sites is 2. The van der Waals surface area contributed by atoms with Crippen molar-refractivity contribution in [3.05, 3.63) is 59.7 Å². The fraction of sp³-hybridized carbons (Fsp3) is 0.211. The molecule has 130 valence electrons. The Hall–Kier alpha value is -3.15. The van der Waals surface area contributed by atoms with E-state index in [1.54, 1.807) is 31.2 Å². The van der Waals surface area contributed by atoms with Gasteiger partial charge in [0.25, 0.3) is 5.91 Å². The van der Waals surface area contributed by atoms with Gasteiger partial charge in [-0.3, -0.25) is 9.59 Å². The second kappa shape index (κ2) is 8.63. The highest BCUT2D eigenvalue weighted by atomic mass is 16.2. The Kier molecular flexibility index (Phi) is 6.28. The Morgan fingerprint density at radius 2 is 1.76 bits per heavy atom. The van der Waals surface area contributed by atoms with Crippen LogP contribution >= 0.6 is 0 Å². The summed E-state index contributed by atoms with van der Waals surface area (Å²) in [7, 11) is 0. The molecular weight excluding hydrogens is 316 g/mol. The van der Waals surface area contributed by atoms with Crippen LogP contribution in [0.3, 0.4) is 0 Å². The second-order valence-corrected chi connectivity index (χ2v) is 5.61. The molecule has 0 fully saturated rings. The predicted molar refractivity (Wildman–Crippen MR) is 100 cm³/mol. The molecule has 0 saturated carbocycles. The number of hydrogen-bond donors (Lipinski definition) is 3. The minimum atomic E-state index is -0.408. The number of amides is 2. The molecule has 0 atom stereocenters. The molecule has 2 aromatic rings. The summed E-state index contributed by atoms with van der Waals surface area (Å²) < 4.78 is 0. The summed E-state index contributed by atoms with van der Waals surface area (Å²) >= 11 is 0. The van der Waals surface area contributed by atoms with Gasteiger partial charge in [-0.15, -0.1) is 0 Å². The number of nitrogen functional groups attached to an aromatic ring is 1. The van der Waals surface area contributed by atoms with Gasteiger partial charge in [0, 0.05) is 17.1 Å². The minimum Gasteiger partial charge on any atom is -0.398 e. The molecule has 2 rings (SSSR count). The summed E-state index contributed by atoms with van der Waals surface area (Å²) in [5, 5.41) is 6.83. The fourth-order valence-electron chi connectivity index (χ4n) is 2.33. The third-order valence-corrected chi connectivity index (χ3v) is 3.64. The van der Waals surface area contributed by atoms with Gasteiger partial charge < -0.3 is 11.1 Å². The molecule has 6 nitrogen and oxygen atoms in total. The van der Waals surface area contributed by atoms with Crippen molar-refractivity contribution in [2.24, 2.45) is 5.10 Å². The number of hydrazone groups is 1. The molecule has 0 radical (unpaired) electrons. The first kappa shape index (κ1) is 18.2. The zero-order valence-corrected chi connectivity index (χ0v) is 14.4. The number of carbonyl (C=O) groups excluding carboxylic acids is 2. The molecule has 0 saturated heterocycles. The topological polar surface area (TPSA) is 96.6 Å². The first-order valence-electron chi connectivity index (χ1n) is 8.07. The largest absolute Gasteiger partial charge is 0.398 e. The number of anilines is 2. The molecular formula is C19H22N4O2. The summed E-state index contributed by atoms with van der Waals surface area (Å²) in [6.45, 7) is 3.71. The molecule has 0 aliphatic heterocycles. The molecule has 2 amide bonds. The zero-order valence-electron chi connectivity index (χ0n) is 14.4. The van der Waals surface area contributed by atoms with Crippen LogP contribution < -0.4 is 16.5 Å².